The van der Waals surface area contributed by atoms with Gasteiger partial charge >= 0.3 is 0 Å². The molecular formula is C70H41N3OS. The van der Waals surface area contributed by atoms with Gasteiger partial charge in [0.1, 0.15) is 11.2 Å². The quantitative estimate of drug-likeness (QED) is 0.167. The number of aromatic nitrogens is 3. The Morgan fingerprint density at radius 3 is 1.48 bits per heavy atom. The predicted molar refractivity (Wildman–Crippen MR) is 309 cm³/mol. The normalized spacial score (nSPS) is 12.9. The maximum absolute atomic E-state index is 6.67. The Morgan fingerprint density at radius 1 is 0.280 bits per heavy atom. The van der Waals surface area contributed by atoms with Gasteiger partial charge in [0, 0.05) is 47.6 Å². The van der Waals surface area contributed by atoms with Gasteiger partial charge in [-0.15, -0.1) is 11.3 Å². The summed E-state index contributed by atoms with van der Waals surface area (Å²) in [5.41, 5.74) is 21.4. The lowest BCUT2D eigenvalue weighted by Gasteiger charge is -2.30. The fourth-order valence-electron chi connectivity index (χ4n) is 12.5. The van der Waals surface area contributed by atoms with Crippen molar-refractivity contribution in [2.45, 2.75) is 5.41 Å². The molecule has 16 rings (SSSR count). The maximum Gasteiger partial charge on any atom is 0.164 e. The molecule has 75 heavy (non-hydrogen) atoms. The fourth-order valence-corrected chi connectivity index (χ4v) is 13.6. The van der Waals surface area contributed by atoms with E-state index in [-0.39, 0.29) is 0 Å². The lowest BCUT2D eigenvalue weighted by Crippen LogP contribution is -2.25. The molecule has 0 atom stereocenters. The van der Waals surface area contributed by atoms with Crippen LogP contribution >= 0.6 is 11.3 Å². The van der Waals surface area contributed by atoms with Crippen LogP contribution in [-0.4, -0.2) is 15.0 Å². The summed E-state index contributed by atoms with van der Waals surface area (Å²) < 4.78 is 9.10. The van der Waals surface area contributed by atoms with Crippen molar-refractivity contribution in [2.75, 3.05) is 0 Å². The van der Waals surface area contributed by atoms with Crippen molar-refractivity contribution in [1.29, 1.82) is 0 Å². The first-order chi connectivity index (χ1) is 37.2. The third-order valence-electron chi connectivity index (χ3n) is 15.8. The SMILES string of the molecule is c1ccc(-c2ccc(-c3nc(-c4cccc5oc6ccc(-c7cccc(-c8ccc9c(c8)C8(c%10ccccc%10-c%10ccccc%108)c8ccccc8-9)c7)cc6c45)nc(-c4cccc5sc6ccccc6c45)n3)cc2)cc1. The number of thiophene rings is 1. The van der Waals surface area contributed by atoms with Crippen molar-refractivity contribution in [1.82, 2.24) is 15.0 Å². The molecule has 0 bridgehead atoms. The van der Waals surface area contributed by atoms with E-state index >= 15 is 0 Å². The molecule has 0 saturated heterocycles. The number of furan rings is 1. The minimum atomic E-state index is -0.406. The smallest absolute Gasteiger partial charge is 0.164 e. The van der Waals surface area contributed by atoms with Crippen molar-refractivity contribution in [3.63, 3.8) is 0 Å². The minimum Gasteiger partial charge on any atom is -0.456 e. The standard InChI is InChI=1S/C70H41N3OS/c1-2-15-42(16-3-1)43-31-33-44(34-32-43)67-71-68(73-69(72-67)55-24-14-30-64-66(55)53-22-7-11-29-63(53)75-64)54-23-13-28-62-65(54)56-40-47(36-38-61(56)74-62)45-17-12-18-46(39-45)48-35-37-52-51-21-6-10-27-59(51)70(60(52)41-48)57-25-8-4-19-49(57)50-20-5-9-26-58(50)70/h1-41H. The molecule has 5 heteroatoms. The van der Waals surface area contributed by atoms with E-state index in [4.69, 9.17) is 19.4 Å². The molecule has 0 amide bonds. The fraction of sp³-hybridized carbons (Fsp3) is 0.0143. The third-order valence-corrected chi connectivity index (χ3v) is 16.9. The van der Waals surface area contributed by atoms with E-state index in [1.54, 1.807) is 11.3 Å². The molecule has 4 nitrogen and oxygen atoms in total. The number of rotatable bonds is 6. The van der Waals surface area contributed by atoms with Crippen LogP contribution in [0.4, 0.5) is 0 Å². The summed E-state index contributed by atoms with van der Waals surface area (Å²) in [5, 5.41) is 4.31. The summed E-state index contributed by atoms with van der Waals surface area (Å²) in [6.45, 7) is 0. The molecular weight excluding hydrogens is 931 g/mol. The maximum atomic E-state index is 6.67. The zero-order chi connectivity index (χ0) is 49.2. The van der Waals surface area contributed by atoms with Crippen LogP contribution in [0.25, 0.3) is 132 Å². The molecule has 14 aromatic rings. The van der Waals surface area contributed by atoms with Gasteiger partial charge in [0.2, 0.25) is 0 Å². The highest BCUT2D eigenvalue weighted by Gasteiger charge is 2.51. The summed E-state index contributed by atoms with van der Waals surface area (Å²) in [6.07, 6.45) is 0. The van der Waals surface area contributed by atoms with Crippen molar-refractivity contribution in [2.24, 2.45) is 0 Å². The molecule has 0 fully saturated rings. The molecule has 348 valence electrons. The summed E-state index contributed by atoms with van der Waals surface area (Å²) in [6, 6.07) is 89.9. The molecule has 2 aliphatic carbocycles. The van der Waals surface area contributed by atoms with Crippen LogP contribution in [0.15, 0.2) is 253 Å². The Bertz CT molecular complexity index is 4600. The Labute approximate surface area is 436 Å². The minimum absolute atomic E-state index is 0.406. The lowest BCUT2D eigenvalue weighted by atomic mass is 9.70. The van der Waals surface area contributed by atoms with Gasteiger partial charge in [-0.2, -0.15) is 0 Å². The molecule has 3 heterocycles. The topological polar surface area (TPSA) is 51.8 Å². The van der Waals surface area contributed by atoms with E-state index in [0.717, 1.165) is 71.8 Å². The summed E-state index contributed by atoms with van der Waals surface area (Å²) in [7, 11) is 0. The van der Waals surface area contributed by atoms with E-state index in [1.165, 1.54) is 64.9 Å². The Kier molecular flexibility index (Phi) is 9.09. The average molecular weight is 972 g/mol. The van der Waals surface area contributed by atoms with E-state index < -0.39 is 5.41 Å². The highest BCUT2D eigenvalue weighted by molar-refractivity contribution is 7.25. The van der Waals surface area contributed by atoms with Gasteiger partial charge in [0.25, 0.3) is 0 Å². The van der Waals surface area contributed by atoms with Crippen LogP contribution in [0.1, 0.15) is 22.3 Å². The highest BCUT2D eigenvalue weighted by atomic mass is 32.1. The van der Waals surface area contributed by atoms with Crippen molar-refractivity contribution < 1.29 is 4.42 Å². The van der Waals surface area contributed by atoms with Gasteiger partial charge in [0.05, 0.1) is 5.41 Å². The first kappa shape index (κ1) is 42.0. The van der Waals surface area contributed by atoms with Crippen molar-refractivity contribution >= 4 is 53.4 Å². The molecule has 1 spiro atoms. The van der Waals surface area contributed by atoms with Crippen LogP contribution in [0.3, 0.4) is 0 Å². The molecule has 0 N–H and O–H groups in total. The molecule has 3 aromatic heterocycles. The zero-order valence-corrected chi connectivity index (χ0v) is 41.1. The molecule has 0 radical (unpaired) electrons. The summed E-state index contributed by atoms with van der Waals surface area (Å²) in [5.74, 6) is 1.82. The monoisotopic (exact) mass is 971 g/mol. The van der Waals surface area contributed by atoms with E-state index in [2.05, 4.69) is 231 Å². The summed E-state index contributed by atoms with van der Waals surface area (Å²) >= 11 is 1.79. The number of benzene rings is 11. The van der Waals surface area contributed by atoms with Crippen LogP contribution in [0, 0.1) is 0 Å². The number of nitrogens with zero attached hydrogens (tertiary/aromatic N) is 3. The molecule has 0 aliphatic heterocycles. The number of fused-ring (bicyclic) bond motifs is 16. The molecule has 0 saturated carbocycles. The zero-order valence-electron chi connectivity index (χ0n) is 40.3. The second-order valence-electron chi connectivity index (χ2n) is 19.7. The van der Waals surface area contributed by atoms with Gasteiger partial charge in [0.15, 0.2) is 17.5 Å². The molecule has 11 aromatic carbocycles. The van der Waals surface area contributed by atoms with Crippen LogP contribution in [-0.2, 0) is 5.41 Å². The lowest BCUT2D eigenvalue weighted by molar-refractivity contribution is 0.669. The Balaban J connectivity index is 0.836. The van der Waals surface area contributed by atoms with Gasteiger partial charge in [-0.05, 0) is 120 Å². The van der Waals surface area contributed by atoms with Gasteiger partial charge < -0.3 is 4.42 Å². The molecule has 0 unspecified atom stereocenters. The first-order valence-corrected chi connectivity index (χ1v) is 26.3. The van der Waals surface area contributed by atoms with Gasteiger partial charge in [-0.1, -0.05) is 206 Å². The van der Waals surface area contributed by atoms with E-state index in [0.29, 0.717) is 17.5 Å². The second kappa shape index (κ2) is 16.2. The van der Waals surface area contributed by atoms with Crippen LogP contribution < -0.4 is 0 Å². The third kappa shape index (κ3) is 6.26. The van der Waals surface area contributed by atoms with Crippen molar-refractivity contribution in [3.05, 3.63) is 271 Å². The van der Waals surface area contributed by atoms with Crippen LogP contribution in [0.5, 0.6) is 0 Å². The first-order valence-electron chi connectivity index (χ1n) is 25.5. The van der Waals surface area contributed by atoms with Crippen LogP contribution in [0.2, 0.25) is 0 Å². The van der Waals surface area contributed by atoms with E-state index in [1.807, 2.05) is 18.2 Å². The summed E-state index contributed by atoms with van der Waals surface area (Å²) in [4.78, 5) is 16.0. The Morgan fingerprint density at radius 2 is 0.760 bits per heavy atom. The highest BCUT2D eigenvalue weighted by Crippen LogP contribution is 2.63. The number of hydrogen-bond donors (Lipinski definition) is 0. The average Bonchev–Trinajstić information content (AvgIpc) is 4.23. The van der Waals surface area contributed by atoms with Crippen molar-refractivity contribution in [3.8, 4) is 89.8 Å². The predicted octanol–water partition coefficient (Wildman–Crippen LogP) is 18.5. The van der Waals surface area contributed by atoms with E-state index in [9.17, 15) is 0 Å². The van der Waals surface area contributed by atoms with Gasteiger partial charge in [-0.25, -0.2) is 15.0 Å². The second-order valence-corrected chi connectivity index (χ2v) is 20.8. The largest absolute Gasteiger partial charge is 0.456 e. The van der Waals surface area contributed by atoms with Gasteiger partial charge in [-0.3, -0.25) is 0 Å². The number of hydrogen-bond acceptors (Lipinski definition) is 5. The Hall–Kier alpha value is -9.55. The molecule has 2 aliphatic rings.